The van der Waals surface area contributed by atoms with E-state index in [4.69, 9.17) is 27.9 Å². The highest BCUT2D eigenvalue weighted by Gasteiger charge is 2.06. The second kappa shape index (κ2) is 8.36. The summed E-state index contributed by atoms with van der Waals surface area (Å²) in [7, 11) is 0. The number of esters is 1. The molecule has 6 heteroatoms. The number of para-hydroxylation sites is 1. The molecule has 0 atom stereocenters. The topological polar surface area (TPSA) is 55.4 Å². The molecule has 23 heavy (non-hydrogen) atoms. The van der Waals surface area contributed by atoms with Crippen LogP contribution in [-0.4, -0.2) is 18.5 Å². The fourth-order valence-electron chi connectivity index (χ4n) is 1.70. The van der Waals surface area contributed by atoms with Gasteiger partial charge < -0.3 is 10.1 Å². The molecule has 118 valence electrons. The molecule has 0 aliphatic heterocycles. The van der Waals surface area contributed by atoms with Crippen molar-refractivity contribution in [1.82, 2.24) is 0 Å². The van der Waals surface area contributed by atoms with E-state index in [1.807, 2.05) is 6.07 Å². The lowest BCUT2D eigenvalue weighted by molar-refractivity contribution is -0.142. The van der Waals surface area contributed by atoms with Gasteiger partial charge in [-0.05, 0) is 35.9 Å². The average Bonchev–Trinajstić information content (AvgIpc) is 2.53. The Hall–Kier alpha value is -2.30. The van der Waals surface area contributed by atoms with E-state index in [0.29, 0.717) is 21.3 Å². The van der Waals surface area contributed by atoms with Gasteiger partial charge in [-0.15, -0.1) is 0 Å². The van der Waals surface area contributed by atoms with Crippen molar-refractivity contribution in [2.24, 2.45) is 0 Å². The van der Waals surface area contributed by atoms with Crippen LogP contribution < -0.4 is 5.32 Å². The Morgan fingerprint density at radius 1 is 1.09 bits per heavy atom. The summed E-state index contributed by atoms with van der Waals surface area (Å²) < 4.78 is 4.85. The van der Waals surface area contributed by atoms with E-state index in [0.717, 1.165) is 0 Å². The number of anilines is 1. The van der Waals surface area contributed by atoms with Gasteiger partial charge in [0.05, 0.1) is 0 Å². The number of carbonyl (C=O) groups excluding carboxylic acids is 2. The summed E-state index contributed by atoms with van der Waals surface area (Å²) in [5.41, 5.74) is 1.26. The smallest absolute Gasteiger partial charge is 0.331 e. The van der Waals surface area contributed by atoms with Crippen molar-refractivity contribution in [3.63, 3.8) is 0 Å². The molecule has 0 radical (unpaired) electrons. The van der Waals surface area contributed by atoms with Crippen LogP contribution in [0.5, 0.6) is 0 Å². The van der Waals surface area contributed by atoms with Crippen LogP contribution in [0.4, 0.5) is 5.69 Å². The van der Waals surface area contributed by atoms with Gasteiger partial charge in [0.2, 0.25) is 0 Å². The molecule has 0 saturated carbocycles. The van der Waals surface area contributed by atoms with Crippen LogP contribution in [0.1, 0.15) is 5.56 Å². The first-order valence-electron chi connectivity index (χ1n) is 6.69. The van der Waals surface area contributed by atoms with Gasteiger partial charge in [-0.25, -0.2) is 4.79 Å². The van der Waals surface area contributed by atoms with Crippen molar-refractivity contribution < 1.29 is 14.3 Å². The third-order valence-corrected chi connectivity index (χ3v) is 3.33. The third kappa shape index (κ3) is 5.77. The highest BCUT2D eigenvalue weighted by molar-refractivity contribution is 6.35. The minimum atomic E-state index is -0.640. The van der Waals surface area contributed by atoms with Crippen LogP contribution >= 0.6 is 23.2 Å². The van der Waals surface area contributed by atoms with Gasteiger partial charge in [-0.2, -0.15) is 0 Å². The summed E-state index contributed by atoms with van der Waals surface area (Å²) in [4.78, 5) is 23.2. The Labute approximate surface area is 143 Å². The van der Waals surface area contributed by atoms with Crippen molar-refractivity contribution in [1.29, 1.82) is 0 Å². The molecule has 0 heterocycles. The fourth-order valence-corrected chi connectivity index (χ4v) is 2.17. The van der Waals surface area contributed by atoms with Crippen molar-refractivity contribution >= 4 is 46.8 Å². The van der Waals surface area contributed by atoms with E-state index < -0.39 is 11.9 Å². The van der Waals surface area contributed by atoms with Gasteiger partial charge in [0, 0.05) is 21.8 Å². The molecule has 0 unspecified atom stereocenters. The maximum absolute atomic E-state index is 11.6. The number of rotatable bonds is 5. The first-order valence-corrected chi connectivity index (χ1v) is 7.45. The molecule has 2 rings (SSSR count). The minimum absolute atomic E-state index is 0.369. The van der Waals surface area contributed by atoms with Crippen LogP contribution in [-0.2, 0) is 14.3 Å². The fraction of sp³-hybridized carbons (Fsp3) is 0.0588. The molecule has 0 aliphatic rings. The molecule has 0 fully saturated rings. The quantitative estimate of drug-likeness (QED) is 0.650. The van der Waals surface area contributed by atoms with Crippen LogP contribution in [0.25, 0.3) is 6.08 Å². The molecule has 1 N–H and O–H groups in total. The third-order valence-electron chi connectivity index (χ3n) is 2.76. The number of carbonyl (C=O) groups is 2. The molecule has 1 amide bonds. The van der Waals surface area contributed by atoms with Crippen LogP contribution in [0.2, 0.25) is 10.0 Å². The maximum Gasteiger partial charge on any atom is 0.331 e. The van der Waals surface area contributed by atoms with Gasteiger partial charge in [0.25, 0.3) is 5.91 Å². The molecule has 4 nitrogen and oxygen atoms in total. The zero-order chi connectivity index (χ0) is 16.7. The molecule has 2 aromatic carbocycles. The van der Waals surface area contributed by atoms with Crippen molar-refractivity contribution in [3.8, 4) is 0 Å². The standard InChI is InChI=1S/C17H13Cl2NO3/c18-13-8-6-12(15(19)10-13)7-9-17(22)23-11-16(21)20-14-4-2-1-3-5-14/h1-10H,11H2,(H,20,21). The monoisotopic (exact) mass is 349 g/mol. The van der Waals surface area contributed by atoms with E-state index in [1.165, 1.54) is 12.2 Å². The number of benzene rings is 2. The first-order chi connectivity index (χ1) is 11.0. The second-order valence-electron chi connectivity index (χ2n) is 4.52. The number of hydrogen-bond donors (Lipinski definition) is 1. The molecular weight excluding hydrogens is 337 g/mol. The van der Waals surface area contributed by atoms with E-state index in [9.17, 15) is 9.59 Å². The normalized spacial score (nSPS) is 10.5. The lowest BCUT2D eigenvalue weighted by atomic mass is 10.2. The van der Waals surface area contributed by atoms with Crippen molar-refractivity contribution in [3.05, 3.63) is 70.2 Å². The molecule has 0 aliphatic carbocycles. The first kappa shape index (κ1) is 17.1. The van der Waals surface area contributed by atoms with E-state index >= 15 is 0 Å². The number of nitrogens with one attached hydrogen (secondary N) is 1. The predicted octanol–water partition coefficient (Wildman–Crippen LogP) is 4.19. The Balaban J connectivity index is 1.82. The summed E-state index contributed by atoms with van der Waals surface area (Å²) in [6.07, 6.45) is 2.70. The lowest BCUT2D eigenvalue weighted by Crippen LogP contribution is -2.20. The Morgan fingerprint density at radius 2 is 1.83 bits per heavy atom. The van der Waals surface area contributed by atoms with Crippen LogP contribution in [0.3, 0.4) is 0 Å². The Bertz CT molecular complexity index is 730. The zero-order valence-electron chi connectivity index (χ0n) is 12.0. The summed E-state index contributed by atoms with van der Waals surface area (Å²) in [5.74, 6) is -1.05. The number of ether oxygens (including phenoxy) is 1. The van der Waals surface area contributed by atoms with Gasteiger partial charge in [0.15, 0.2) is 6.61 Å². The predicted molar refractivity (Wildman–Crippen MR) is 91.5 cm³/mol. The number of halogens is 2. The van der Waals surface area contributed by atoms with Gasteiger partial charge in [-0.3, -0.25) is 4.79 Å². The van der Waals surface area contributed by atoms with Crippen LogP contribution in [0, 0.1) is 0 Å². The van der Waals surface area contributed by atoms with Gasteiger partial charge in [-0.1, -0.05) is 47.5 Å². The molecule has 0 aromatic heterocycles. The zero-order valence-corrected chi connectivity index (χ0v) is 13.5. The molecular formula is C17H13Cl2NO3. The van der Waals surface area contributed by atoms with Crippen LogP contribution in [0.15, 0.2) is 54.6 Å². The molecule has 0 spiro atoms. The van der Waals surface area contributed by atoms with E-state index in [1.54, 1.807) is 42.5 Å². The number of hydrogen-bond acceptors (Lipinski definition) is 3. The second-order valence-corrected chi connectivity index (χ2v) is 5.36. The Kier molecular flexibility index (Phi) is 6.20. The minimum Gasteiger partial charge on any atom is -0.452 e. The molecule has 2 aromatic rings. The molecule has 0 bridgehead atoms. The highest BCUT2D eigenvalue weighted by atomic mass is 35.5. The maximum atomic E-state index is 11.6. The highest BCUT2D eigenvalue weighted by Crippen LogP contribution is 2.21. The SMILES string of the molecule is O=C(COC(=O)C=Cc1ccc(Cl)cc1Cl)Nc1ccccc1. The van der Waals surface area contributed by atoms with E-state index in [-0.39, 0.29) is 6.61 Å². The summed E-state index contributed by atoms with van der Waals surface area (Å²) in [6, 6.07) is 13.8. The lowest BCUT2D eigenvalue weighted by Gasteiger charge is -2.05. The summed E-state index contributed by atoms with van der Waals surface area (Å²) in [6.45, 7) is -0.369. The molecule has 0 saturated heterocycles. The summed E-state index contributed by atoms with van der Waals surface area (Å²) >= 11 is 11.8. The van der Waals surface area contributed by atoms with Gasteiger partial charge >= 0.3 is 5.97 Å². The van der Waals surface area contributed by atoms with E-state index in [2.05, 4.69) is 5.32 Å². The van der Waals surface area contributed by atoms with Gasteiger partial charge in [0.1, 0.15) is 0 Å². The van der Waals surface area contributed by atoms with Crippen molar-refractivity contribution in [2.45, 2.75) is 0 Å². The number of amides is 1. The van der Waals surface area contributed by atoms with Crippen molar-refractivity contribution in [2.75, 3.05) is 11.9 Å². The summed E-state index contributed by atoms with van der Waals surface area (Å²) in [5, 5.41) is 3.54. The average molecular weight is 350 g/mol. The Morgan fingerprint density at radius 3 is 2.52 bits per heavy atom. The largest absolute Gasteiger partial charge is 0.452 e.